The van der Waals surface area contributed by atoms with E-state index in [4.69, 9.17) is 4.74 Å². The molecule has 0 spiro atoms. The van der Waals surface area contributed by atoms with Crippen molar-refractivity contribution in [1.29, 1.82) is 0 Å². The second-order valence-corrected chi connectivity index (χ2v) is 6.55. The van der Waals surface area contributed by atoms with Crippen molar-refractivity contribution >= 4 is 5.91 Å². The Kier molecular flexibility index (Phi) is 4.32. The van der Waals surface area contributed by atoms with Crippen LogP contribution in [-0.4, -0.2) is 59.0 Å². The molecule has 0 aliphatic carbocycles. The summed E-state index contributed by atoms with van der Waals surface area (Å²) in [5.74, 6) is 0.0648. The van der Waals surface area contributed by atoms with Crippen LogP contribution in [0.2, 0.25) is 0 Å². The first kappa shape index (κ1) is 15.4. The quantitative estimate of drug-likeness (QED) is 0.895. The van der Waals surface area contributed by atoms with Gasteiger partial charge in [-0.1, -0.05) is 30.3 Å². The third-order valence-corrected chi connectivity index (χ3v) is 4.64. The molecule has 126 valence electrons. The van der Waals surface area contributed by atoms with Crippen LogP contribution in [0, 0.1) is 0 Å². The summed E-state index contributed by atoms with van der Waals surface area (Å²) in [4.78, 5) is 14.4. The molecule has 1 amide bonds. The molecule has 1 atom stereocenters. The first-order chi connectivity index (χ1) is 11.8. The highest BCUT2D eigenvalue weighted by Gasteiger charge is 2.33. The van der Waals surface area contributed by atoms with Gasteiger partial charge in [-0.2, -0.15) is 5.10 Å². The molecule has 0 bridgehead atoms. The highest BCUT2D eigenvalue weighted by atomic mass is 16.5. The Bertz CT molecular complexity index is 688. The van der Waals surface area contributed by atoms with E-state index in [1.807, 2.05) is 34.0 Å². The third-order valence-electron chi connectivity index (χ3n) is 4.64. The number of carbonyl (C=O) groups is 1. The maximum atomic E-state index is 12.5. The predicted octanol–water partition coefficient (Wildman–Crippen LogP) is 1.13. The fourth-order valence-corrected chi connectivity index (χ4v) is 3.26. The van der Waals surface area contributed by atoms with Gasteiger partial charge in [-0.25, -0.2) is 0 Å². The normalized spacial score (nSPS) is 21.0. The SMILES string of the molecule is O=C(c1cnn(Cc2ccccc2)c1)N1CC(NC2CCOC2)C1. The van der Waals surface area contributed by atoms with Gasteiger partial charge in [0.1, 0.15) is 0 Å². The minimum atomic E-state index is 0.0648. The maximum absolute atomic E-state index is 12.5. The number of aromatic nitrogens is 2. The van der Waals surface area contributed by atoms with E-state index in [1.165, 1.54) is 5.56 Å². The van der Waals surface area contributed by atoms with E-state index in [1.54, 1.807) is 6.20 Å². The lowest BCUT2D eigenvalue weighted by atomic mass is 10.1. The van der Waals surface area contributed by atoms with Crippen molar-refractivity contribution in [1.82, 2.24) is 20.0 Å². The Hall–Kier alpha value is -2.18. The van der Waals surface area contributed by atoms with E-state index in [9.17, 15) is 4.79 Å². The Balaban J connectivity index is 1.29. The topological polar surface area (TPSA) is 59.4 Å². The van der Waals surface area contributed by atoms with E-state index in [0.29, 0.717) is 24.2 Å². The monoisotopic (exact) mass is 326 g/mol. The number of nitrogens with one attached hydrogen (secondary N) is 1. The van der Waals surface area contributed by atoms with Gasteiger partial charge in [0.2, 0.25) is 0 Å². The Labute approximate surface area is 141 Å². The first-order valence-electron chi connectivity index (χ1n) is 8.47. The van der Waals surface area contributed by atoms with Crippen molar-refractivity contribution in [2.24, 2.45) is 0 Å². The molecule has 3 heterocycles. The van der Waals surface area contributed by atoms with Crippen LogP contribution in [0.15, 0.2) is 42.7 Å². The second kappa shape index (κ2) is 6.75. The average molecular weight is 326 g/mol. The number of hydrogen-bond donors (Lipinski definition) is 1. The molecule has 1 aromatic heterocycles. The zero-order valence-corrected chi connectivity index (χ0v) is 13.6. The van der Waals surface area contributed by atoms with Crippen molar-refractivity contribution in [2.45, 2.75) is 25.0 Å². The number of benzene rings is 1. The molecule has 24 heavy (non-hydrogen) atoms. The van der Waals surface area contributed by atoms with Crippen molar-refractivity contribution in [3.05, 3.63) is 53.9 Å². The van der Waals surface area contributed by atoms with E-state index in [2.05, 4.69) is 22.5 Å². The van der Waals surface area contributed by atoms with Crippen LogP contribution in [0.5, 0.6) is 0 Å². The molecule has 0 saturated carbocycles. The van der Waals surface area contributed by atoms with Gasteiger partial charge in [0.25, 0.3) is 5.91 Å². The molecule has 2 aliphatic rings. The molecule has 1 aromatic carbocycles. The van der Waals surface area contributed by atoms with Crippen LogP contribution in [0.1, 0.15) is 22.3 Å². The predicted molar refractivity (Wildman–Crippen MR) is 89.8 cm³/mol. The Morgan fingerprint density at radius 3 is 2.83 bits per heavy atom. The zero-order valence-electron chi connectivity index (χ0n) is 13.6. The van der Waals surface area contributed by atoms with Crippen LogP contribution in [-0.2, 0) is 11.3 Å². The molecule has 1 unspecified atom stereocenters. The summed E-state index contributed by atoms with van der Waals surface area (Å²) in [5.41, 5.74) is 1.83. The minimum absolute atomic E-state index is 0.0648. The van der Waals surface area contributed by atoms with E-state index in [0.717, 1.165) is 32.7 Å². The fourth-order valence-electron chi connectivity index (χ4n) is 3.26. The molecule has 1 N–H and O–H groups in total. The molecule has 2 aliphatic heterocycles. The van der Waals surface area contributed by atoms with Crippen LogP contribution < -0.4 is 5.32 Å². The average Bonchev–Trinajstić information content (AvgIpc) is 3.22. The Morgan fingerprint density at radius 2 is 2.08 bits per heavy atom. The molecule has 0 radical (unpaired) electrons. The van der Waals surface area contributed by atoms with E-state index >= 15 is 0 Å². The number of rotatable bonds is 5. The van der Waals surface area contributed by atoms with Crippen LogP contribution in [0.3, 0.4) is 0 Å². The van der Waals surface area contributed by atoms with Gasteiger partial charge in [0, 0.05) is 38.0 Å². The summed E-state index contributed by atoms with van der Waals surface area (Å²) < 4.78 is 7.18. The first-order valence-corrected chi connectivity index (χ1v) is 8.47. The van der Waals surface area contributed by atoms with Crippen molar-refractivity contribution in [3.8, 4) is 0 Å². The smallest absolute Gasteiger partial charge is 0.257 e. The molecule has 4 rings (SSSR count). The molecule has 2 aromatic rings. The van der Waals surface area contributed by atoms with Gasteiger partial charge in [-0.05, 0) is 12.0 Å². The zero-order chi connectivity index (χ0) is 16.4. The summed E-state index contributed by atoms with van der Waals surface area (Å²) >= 11 is 0. The Morgan fingerprint density at radius 1 is 1.25 bits per heavy atom. The lowest BCUT2D eigenvalue weighted by molar-refractivity contribution is 0.0548. The minimum Gasteiger partial charge on any atom is -0.380 e. The van der Waals surface area contributed by atoms with Crippen LogP contribution in [0.25, 0.3) is 0 Å². The summed E-state index contributed by atoms with van der Waals surface area (Å²) in [6.45, 7) is 3.84. The maximum Gasteiger partial charge on any atom is 0.257 e. The number of ether oxygens (including phenoxy) is 1. The highest BCUT2D eigenvalue weighted by Crippen LogP contribution is 2.15. The molecular weight excluding hydrogens is 304 g/mol. The van der Waals surface area contributed by atoms with Crippen molar-refractivity contribution in [2.75, 3.05) is 26.3 Å². The summed E-state index contributed by atoms with van der Waals surface area (Å²) in [6.07, 6.45) is 4.56. The van der Waals surface area contributed by atoms with Crippen molar-refractivity contribution < 1.29 is 9.53 Å². The molecule has 6 nitrogen and oxygen atoms in total. The number of carbonyl (C=O) groups excluding carboxylic acids is 1. The molecule has 2 fully saturated rings. The summed E-state index contributed by atoms with van der Waals surface area (Å²) in [7, 11) is 0. The van der Waals surface area contributed by atoms with Gasteiger partial charge in [-0.3, -0.25) is 9.48 Å². The van der Waals surface area contributed by atoms with Gasteiger partial charge in [-0.15, -0.1) is 0 Å². The lowest BCUT2D eigenvalue weighted by Gasteiger charge is -2.40. The highest BCUT2D eigenvalue weighted by molar-refractivity contribution is 5.94. The van der Waals surface area contributed by atoms with Crippen molar-refractivity contribution in [3.63, 3.8) is 0 Å². The van der Waals surface area contributed by atoms with Crippen LogP contribution in [0.4, 0.5) is 0 Å². The van der Waals surface area contributed by atoms with Gasteiger partial charge < -0.3 is 15.0 Å². The van der Waals surface area contributed by atoms with Gasteiger partial charge >= 0.3 is 0 Å². The number of amides is 1. The van der Waals surface area contributed by atoms with Crippen LogP contribution >= 0.6 is 0 Å². The standard InChI is InChI=1S/C18H22N4O2/c23-18(21-11-17(12-21)20-16-6-7-24-13-16)15-8-19-22(10-15)9-14-4-2-1-3-5-14/h1-5,8,10,16-17,20H,6-7,9,11-13H2. The second-order valence-electron chi connectivity index (χ2n) is 6.55. The summed E-state index contributed by atoms with van der Waals surface area (Å²) in [5, 5.41) is 7.86. The van der Waals surface area contributed by atoms with Gasteiger partial charge in [0.15, 0.2) is 0 Å². The number of nitrogens with zero attached hydrogens (tertiary/aromatic N) is 3. The van der Waals surface area contributed by atoms with Gasteiger partial charge in [0.05, 0.1) is 24.9 Å². The number of likely N-dealkylation sites (tertiary alicyclic amines) is 1. The third kappa shape index (κ3) is 3.34. The summed E-state index contributed by atoms with van der Waals surface area (Å²) in [6, 6.07) is 11.0. The number of hydrogen-bond acceptors (Lipinski definition) is 4. The molecule has 2 saturated heterocycles. The lowest BCUT2D eigenvalue weighted by Crippen LogP contribution is -2.61. The molecular formula is C18H22N4O2. The molecule has 6 heteroatoms. The van der Waals surface area contributed by atoms with E-state index < -0.39 is 0 Å². The fraction of sp³-hybridized carbons (Fsp3) is 0.444. The van der Waals surface area contributed by atoms with E-state index in [-0.39, 0.29) is 5.91 Å². The largest absolute Gasteiger partial charge is 0.380 e.